The highest BCUT2D eigenvalue weighted by molar-refractivity contribution is 5.76. The lowest BCUT2D eigenvalue weighted by Crippen LogP contribution is -2.45. The van der Waals surface area contributed by atoms with Gasteiger partial charge in [-0.15, -0.1) is 0 Å². The fraction of sp³-hybridized carbons (Fsp3) is 0.919. The normalized spacial score (nSPS) is 12.6. The van der Waals surface area contributed by atoms with Crippen LogP contribution in [-0.2, 0) is 14.3 Å². The molecule has 0 aromatic heterocycles. The Morgan fingerprint density at radius 3 is 0.912 bits per heavy atom. The maximum atomic E-state index is 12.5. The van der Waals surface area contributed by atoms with Crippen molar-refractivity contribution in [2.45, 2.75) is 424 Å². The first kappa shape index (κ1) is 78.3. The second-order valence-electron chi connectivity index (χ2n) is 25.3. The van der Waals surface area contributed by atoms with Crippen molar-refractivity contribution >= 4 is 11.9 Å². The summed E-state index contributed by atoms with van der Waals surface area (Å²) in [5.74, 6) is -0.0465. The fourth-order valence-electron chi connectivity index (χ4n) is 11.6. The molecule has 0 aliphatic carbocycles. The third kappa shape index (κ3) is 65.5. The van der Waals surface area contributed by atoms with Crippen molar-refractivity contribution in [2.75, 3.05) is 13.2 Å². The van der Waals surface area contributed by atoms with Gasteiger partial charge in [0.1, 0.15) is 0 Å². The van der Waals surface area contributed by atoms with E-state index in [1.807, 2.05) is 6.08 Å². The van der Waals surface area contributed by atoms with Crippen LogP contribution in [-0.4, -0.2) is 47.4 Å². The minimum atomic E-state index is -0.838. The number of hydrogen-bond donors (Lipinski definition) is 3. The van der Waals surface area contributed by atoms with Gasteiger partial charge in [-0.2, -0.15) is 0 Å². The molecule has 6 nitrogen and oxygen atoms in total. The quantitative estimate of drug-likeness (QED) is 0.0320. The Morgan fingerprint density at radius 2 is 0.588 bits per heavy atom. The molecule has 474 valence electrons. The number of aliphatic hydroxyl groups excluding tert-OH is 2. The van der Waals surface area contributed by atoms with E-state index >= 15 is 0 Å². The summed E-state index contributed by atoms with van der Waals surface area (Å²) in [4.78, 5) is 24.5. The Morgan fingerprint density at radius 1 is 0.338 bits per heavy atom. The number of allylic oxidation sites excluding steroid dienone is 3. The molecule has 0 rings (SSSR count). The molecule has 0 saturated heterocycles. The summed E-state index contributed by atoms with van der Waals surface area (Å²) in [7, 11) is 0. The number of amides is 1. The Kier molecular flexibility index (Phi) is 68.4. The smallest absolute Gasteiger partial charge is 0.305 e. The second-order valence-corrected chi connectivity index (χ2v) is 25.3. The van der Waals surface area contributed by atoms with Crippen molar-refractivity contribution < 1.29 is 24.5 Å². The topological polar surface area (TPSA) is 95.9 Å². The molecule has 2 unspecified atom stereocenters. The molecule has 0 heterocycles. The van der Waals surface area contributed by atoms with Gasteiger partial charge in [-0.05, 0) is 57.8 Å². The monoisotopic (exact) mass is 1130 g/mol. The third-order valence-electron chi connectivity index (χ3n) is 17.2. The Balaban J connectivity index is 3.28. The van der Waals surface area contributed by atoms with Crippen LogP contribution < -0.4 is 5.32 Å². The van der Waals surface area contributed by atoms with E-state index in [0.717, 1.165) is 44.9 Å². The SMILES string of the molecule is CCCCC/C=C\CCCCCCCC(=O)OCCCCCCCCCCCCCCCCCCCCCCCCCCCCCCCCCCCCCCCCCC(=O)NC(CO)C(O)/C=C/CCCCCCCCCCCC. The zero-order chi connectivity index (χ0) is 57.8. The Bertz CT molecular complexity index is 1250. The number of unbranched alkanes of at least 4 members (excludes halogenated alkanes) is 56. The molecule has 0 aliphatic heterocycles. The fourth-order valence-corrected chi connectivity index (χ4v) is 11.6. The molecule has 0 bridgehead atoms. The van der Waals surface area contributed by atoms with Gasteiger partial charge in [-0.25, -0.2) is 0 Å². The zero-order valence-corrected chi connectivity index (χ0v) is 54.3. The van der Waals surface area contributed by atoms with E-state index in [2.05, 4.69) is 31.3 Å². The summed E-state index contributed by atoms with van der Waals surface area (Å²) < 4.78 is 5.48. The van der Waals surface area contributed by atoms with E-state index in [1.165, 1.54) is 340 Å². The minimum absolute atomic E-state index is 0.0142. The van der Waals surface area contributed by atoms with E-state index in [1.54, 1.807) is 6.08 Å². The number of carbonyl (C=O) groups excluding carboxylic acids is 2. The summed E-state index contributed by atoms with van der Waals surface area (Å²) in [6, 6.07) is -0.621. The molecule has 0 saturated carbocycles. The van der Waals surface area contributed by atoms with Crippen LogP contribution in [0.4, 0.5) is 0 Å². The van der Waals surface area contributed by atoms with E-state index in [4.69, 9.17) is 4.74 Å². The largest absolute Gasteiger partial charge is 0.466 e. The summed E-state index contributed by atoms with van der Waals surface area (Å²) in [6.45, 7) is 4.90. The number of esters is 1. The highest BCUT2D eigenvalue weighted by Crippen LogP contribution is 2.19. The first-order valence-electron chi connectivity index (χ1n) is 36.6. The number of nitrogens with one attached hydrogen (secondary N) is 1. The van der Waals surface area contributed by atoms with Crippen LogP contribution in [0.5, 0.6) is 0 Å². The number of hydrogen-bond acceptors (Lipinski definition) is 5. The molecule has 0 aromatic rings. The first-order chi connectivity index (χ1) is 39.5. The third-order valence-corrected chi connectivity index (χ3v) is 17.2. The lowest BCUT2D eigenvalue weighted by Gasteiger charge is -2.20. The van der Waals surface area contributed by atoms with Crippen LogP contribution in [0, 0.1) is 0 Å². The van der Waals surface area contributed by atoms with Gasteiger partial charge in [0.25, 0.3) is 0 Å². The van der Waals surface area contributed by atoms with Gasteiger partial charge in [0, 0.05) is 12.8 Å². The molecule has 1 amide bonds. The molecule has 80 heavy (non-hydrogen) atoms. The predicted octanol–water partition coefficient (Wildman–Crippen LogP) is 23.7. The van der Waals surface area contributed by atoms with Gasteiger partial charge in [-0.3, -0.25) is 9.59 Å². The number of aliphatic hydroxyl groups is 2. The molecule has 0 aromatic carbocycles. The van der Waals surface area contributed by atoms with Crippen LogP contribution >= 0.6 is 0 Å². The molecule has 3 N–H and O–H groups in total. The van der Waals surface area contributed by atoms with Gasteiger partial charge < -0.3 is 20.3 Å². The summed E-state index contributed by atoms with van der Waals surface area (Å²) in [5.41, 5.74) is 0. The molecule has 6 heteroatoms. The van der Waals surface area contributed by atoms with Crippen molar-refractivity contribution in [3.05, 3.63) is 24.3 Å². The maximum absolute atomic E-state index is 12.5. The Hall–Kier alpha value is -1.66. The van der Waals surface area contributed by atoms with Gasteiger partial charge in [0.05, 0.1) is 25.4 Å². The van der Waals surface area contributed by atoms with Crippen molar-refractivity contribution in [3.8, 4) is 0 Å². The second kappa shape index (κ2) is 69.8. The molecule has 2 atom stereocenters. The lowest BCUT2D eigenvalue weighted by molar-refractivity contribution is -0.143. The predicted molar refractivity (Wildman–Crippen MR) is 352 cm³/mol. The van der Waals surface area contributed by atoms with Crippen LogP contribution in [0.3, 0.4) is 0 Å². The standard InChI is InChI=1S/C74H143NO5/c1-3-5-7-9-11-13-15-46-50-54-58-62-66-72(77)71(70-76)75-73(78)67-63-59-55-51-47-44-42-40-38-36-34-32-30-28-26-24-22-20-18-17-19-21-23-25-27-29-31-33-35-37-39-41-43-45-49-53-57-61-65-69-80-74(79)68-64-60-56-52-48-16-14-12-10-8-6-4-2/h12,14,62,66,71-72,76-77H,3-11,13,15-61,63-65,67-70H2,1-2H3,(H,75,78)/b14-12-,66-62+. The van der Waals surface area contributed by atoms with Crippen LogP contribution in [0.2, 0.25) is 0 Å². The van der Waals surface area contributed by atoms with Crippen LogP contribution in [0.1, 0.15) is 412 Å². The zero-order valence-electron chi connectivity index (χ0n) is 54.3. The molecule has 0 radical (unpaired) electrons. The first-order valence-corrected chi connectivity index (χ1v) is 36.6. The summed E-state index contributed by atoms with van der Waals surface area (Å²) in [5, 5.41) is 23.1. The van der Waals surface area contributed by atoms with Crippen molar-refractivity contribution in [1.29, 1.82) is 0 Å². The molecule has 0 spiro atoms. The van der Waals surface area contributed by atoms with Gasteiger partial charge in [0.2, 0.25) is 5.91 Å². The van der Waals surface area contributed by atoms with E-state index in [0.29, 0.717) is 19.4 Å². The Labute approximate surface area is 501 Å². The molecule has 0 aliphatic rings. The van der Waals surface area contributed by atoms with E-state index in [-0.39, 0.29) is 18.5 Å². The van der Waals surface area contributed by atoms with E-state index in [9.17, 15) is 19.8 Å². The van der Waals surface area contributed by atoms with Crippen molar-refractivity contribution in [2.24, 2.45) is 0 Å². The summed E-state index contributed by atoms with van der Waals surface area (Å²) in [6.07, 6.45) is 88.7. The molecule has 0 fully saturated rings. The maximum Gasteiger partial charge on any atom is 0.305 e. The number of ether oxygens (including phenoxy) is 1. The average molecular weight is 1130 g/mol. The lowest BCUT2D eigenvalue weighted by atomic mass is 10.0. The molecular weight excluding hydrogens is 983 g/mol. The number of carbonyl (C=O) groups is 2. The highest BCUT2D eigenvalue weighted by atomic mass is 16.5. The summed E-state index contributed by atoms with van der Waals surface area (Å²) >= 11 is 0. The van der Waals surface area contributed by atoms with Gasteiger partial charge in [0.15, 0.2) is 0 Å². The van der Waals surface area contributed by atoms with Crippen molar-refractivity contribution in [3.63, 3.8) is 0 Å². The van der Waals surface area contributed by atoms with Gasteiger partial charge >= 0.3 is 5.97 Å². The molecular formula is C74H143NO5. The number of rotatable bonds is 69. The van der Waals surface area contributed by atoms with Crippen LogP contribution in [0.25, 0.3) is 0 Å². The van der Waals surface area contributed by atoms with Crippen LogP contribution in [0.15, 0.2) is 24.3 Å². The highest BCUT2D eigenvalue weighted by Gasteiger charge is 2.18. The van der Waals surface area contributed by atoms with Crippen molar-refractivity contribution in [1.82, 2.24) is 5.32 Å². The average Bonchev–Trinajstić information content (AvgIpc) is 3.46. The van der Waals surface area contributed by atoms with E-state index < -0.39 is 12.1 Å². The minimum Gasteiger partial charge on any atom is -0.466 e. The van der Waals surface area contributed by atoms with Gasteiger partial charge in [-0.1, -0.05) is 366 Å².